The molecule has 0 radical (unpaired) electrons. The number of fused-ring (bicyclic) bond motifs is 1. The molecule has 0 atom stereocenters. The Kier molecular flexibility index (Phi) is 6.42. The molecule has 4 heterocycles. The lowest BCUT2D eigenvalue weighted by Crippen LogP contribution is -2.22. The Balaban J connectivity index is 1.24. The summed E-state index contributed by atoms with van der Waals surface area (Å²) < 4.78 is 0. The highest BCUT2D eigenvalue weighted by Gasteiger charge is 2.15. The molecule has 2 amide bonds. The first-order chi connectivity index (χ1) is 17.1. The highest BCUT2D eigenvalue weighted by Crippen LogP contribution is 2.29. The van der Waals surface area contributed by atoms with Gasteiger partial charge in [-0.15, -0.1) is 11.3 Å². The van der Waals surface area contributed by atoms with Crippen LogP contribution < -0.4 is 16.0 Å². The molecule has 4 N–H and O–H groups in total. The van der Waals surface area contributed by atoms with Gasteiger partial charge in [0.25, 0.3) is 11.8 Å². The number of halogens is 1. The molecule has 10 heteroatoms. The first-order valence-corrected chi connectivity index (χ1v) is 11.9. The van der Waals surface area contributed by atoms with Crippen LogP contribution in [0.25, 0.3) is 11.0 Å². The summed E-state index contributed by atoms with van der Waals surface area (Å²) in [5.74, 6) is -0.486. The Labute approximate surface area is 209 Å². The molecule has 0 spiro atoms. The topological polar surface area (TPSA) is 112 Å². The molecule has 5 aromatic rings. The Morgan fingerprint density at radius 3 is 2.74 bits per heavy atom. The number of nitrogens with one attached hydrogen (secondary N) is 4. The number of hydrogen-bond donors (Lipinski definition) is 4. The number of carbonyl (C=O) groups is 2. The van der Waals surface area contributed by atoms with Crippen molar-refractivity contribution >= 4 is 62.8 Å². The highest BCUT2D eigenvalue weighted by molar-refractivity contribution is 7.12. The van der Waals surface area contributed by atoms with E-state index < -0.39 is 0 Å². The van der Waals surface area contributed by atoms with Gasteiger partial charge in [0.1, 0.15) is 15.7 Å². The Morgan fingerprint density at radius 1 is 0.971 bits per heavy atom. The fourth-order valence-corrected chi connectivity index (χ4v) is 4.51. The fraction of sp³-hybridized carbons (Fsp3) is 0.0400. The van der Waals surface area contributed by atoms with Crippen LogP contribution in [0.1, 0.15) is 25.6 Å². The van der Waals surface area contributed by atoms with Crippen LogP contribution in [0.5, 0.6) is 0 Å². The quantitative estimate of drug-likeness (QED) is 0.216. The number of benzene rings is 1. The molecule has 5 rings (SSSR count). The number of amides is 2. The molecular weight excluding hydrogens is 484 g/mol. The normalized spacial score (nSPS) is 10.8. The number of aromatic nitrogens is 3. The lowest BCUT2D eigenvalue weighted by molar-refractivity contribution is 0.0954. The first-order valence-electron chi connectivity index (χ1n) is 10.6. The van der Waals surface area contributed by atoms with Crippen LogP contribution in [-0.2, 0) is 6.54 Å². The zero-order valence-corrected chi connectivity index (χ0v) is 19.8. The average Bonchev–Trinajstić information content (AvgIpc) is 3.53. The summed E-state index contributed by atoms with van der Waals surface area (Å²) in [6, 6.07) is 16.1. The zero-order chi connectivity index (χ0) is 24.2. The maximum absolute atomic E-state index is 12.9. The molecule has 35 heavy (non-hydrogen) atoms. The van der Waals surface area contributed by atoms with Crippen molar-refractivity contribution in [3.63, 3.8) is 0 Å². The van der Waals surface area contributed by atoms with E-state index in [1.165, 1.54) is 23.6 Å². The van der Waals surface area contributed by atoms with Gasteiger partial charge in [-0.05, 0) is 53.4 Å². The second-order valence-corrected chi connectivity index (χ2v) is 8.89. The minimum absolute atomic E-state index is 0.192. The number of thiophene rings is 1. The van der Waals surface area contributed by atoms with Gasteiger partial charge in [0.05, 0.1) is 11.4 Å². The molecule has 0 aliphatic rings. The summed E-state index contributed by atoms with van der Waals surface area (Å²) in [5, 5.41) is 12.2. The number of H-pyrrole nitrogens is 1. The second-order valence-electron chi connectivity index (χ2n) is 7.59. The molecule has 0 unspecified atom stereocenters. The molecule has 0 aliphatic heterocycles. The van der Waals surface area contributed by atoms with E-state index in [0.717, 1.165) is 28.0 Å². The minimum atomic E-state index is -0.294. The fourth-order valence-electron chi connectivity index (χ4n) is 3.57. The summed E-state index contributed by atoms with van der Waals surface area (Å²) in [5.41, 5.74) is 4.23. The number of carbonyl (C=O) groups excluding carboxylic acids is 2. The van der Waals surface area contributed by atoms with Gasteiger partial charge in [-0.2, -0.15) is 0 Å². The molecule has 174 valence electrons. The average molecular weight is 503 g/mol. The van der Waals surface area contributed by atoms with E-state index in [1.54, 1.807) is 18.3 Å². The van der Waals surface area contributed by atoms with Gasteiger partial charge < -0.3 is 20.9 Å². The van der Waals surface area contributed by atoms with Crippen LogP contribution in [0.4, 0.5) is 17.1 Å². The van der Waals surface area contributed by atoms with Crippen LogP contribution in [0, 0.1) is 0 Å². The smallest absolute Gasteiger partial charge is 0.263 e. The molecule has 0 bridgehead atoms. The maximum atomic E-state index is 12.9. The van der Waals surface area contributed by atoms with E-state index in [-0.39, 0.29) is 17.0 Å². The minimum Gasteiger partial charge on any atom is -0.354 e. The number of anilines is 3. The van der Waals surface area contributed by atoms with Crippen molar-refractivity contribution < 1.29 is 9.59 Å². The maximum Gasteiger partial charge on any atom is 0.263 e. The highest BCUT2D eigenvalue weighted by atomic mass is 35.5. The number of hydrogen-bond acceptors (Lipinski definition) is 6. The first kappa shape index (κ1) is 22.6. The largest absolute Gasteiger partial charge is 0.354 e. The number of aromatic amines is 1. The Bertz CT molecular complexity index is 1530. The molecule has 0 saturated carbocycles. The molecule has 0 aliphatic carbocycles. The number of nitrogens with zero attached hydrogens (tertiary/aromatic N) is 2. The Hall–Kier alpha value is -4.21. The van der Waals surface area contributed by atoms with Crippen molar-refractivity contribution in [1.29, 1.82) is 0 Å². The lowest BCUT2D eigenvalue weighted by Gasteiger charge is -2.11. The van der Waals surface area contributed by atoms with Gasteiger partial charge >= 0.3 is 0 Å². The van der Waals surface area contributed by atoms with Gasteiger partial charge in [0, 0.05) is 41.8 Å². The third kappa shape index (κ3) is 5.16. The summed E-state index contributed by atoms with van der Waals surface area (Å²) in [7, 11) is 0. The second kappa shape index (κ2) is 9.96. The zero-order valence-electron chi connectivity index (χ0n) is 18.2. The SMILES string of the molecule is O=C(Nc1cccc(CNC(=O)c2sccc2Nc2ccnc3[nH]ccc23)c1)c1ccnc(Cl)c1. The summed E-state index contributed by atoms with van der Waals surface area (Å²) in [6.07, 6.45) is 5.02. The van der Waals surface area contributed by atoms with Gasteiger partial charge in [0.2, 0.25) is 0 Å². The van der Waals surface area contributed by atoms with Gasteiger partial charge in [0.15, 0.2) is 0 Å². The third-order valence-electron chi connectivity index (χ3n) is 5.23. The van der Waals surface area contributed by atoms with Crippen molar-refractivity contribution in [2.24, 2.45) is 0 Å². The molecule has 0 saturated heterocycles. The summed E-state index contributed by atoms with van der Waals surface area (Å²) >= 11 is 7.23. The van der Waals surface area contributed by atoms with Crippen molar-refractivity contribution in [3.8, 4) is 0 Å². The van der Waals surface area contributed by atoms with Crippen molar-refractivity contribution in [1.82, 2.24) is 20.3 Å². The van der Waals surface area contributed by atoms with Crippen molar-refractivity contribution in [2.75, 3.05) is 10.6 Å². The van der Waals surface area contributed by atoms with Crippen LogP contribution in [0.2, 0.25) is 5.15 Å². The third-order valence-corrected chi connectivity index (χ3v) is 6.35. The summed E-state index contributed by atoms with van der Waals surface area (Å²) in [4.78, 5) is 37.2. The lowest BCUT2D eigenvalue weighted by atomic mass is 10.2. The van der Waals surface area contributed by atoms with Crippen molar-refractivity contribution in [3.05, 3.63) is 99.7 Å². The monoisotopic (exact) mass is 502 g/mol. The van der Waals surface area contributed by atoms with Crippen LogP contribution in [0.15, 0.2) is 78.6 Å². The van der Waals surface area contributed by atoms with E-state index in [9.17, 15) is 9.59 Å². The van der Waals surface area contributed by atoms with E-state index in [4.69, 9.17) is 11.6 Å². The molecule has 1 aromatic carbocycles. The summed E-state index contributed by atoms with van der Waals surface area (Å²) in [6.45, 7) is 0.304. The van der Waals surface area contributed by atoms with Gasteiger partial charge in [-0.25, -0.2) is 9.97 Å². The number of pyridine rings is 2. The van der Waals surface area contributed by atoms with Crippen LogP contribution in [0.3, 0.4) is 0 Å². The molecular formula is C25H19ClN6O2S. The molecule has 0 fully saturated rings. The van der Waals surface area contributed by atoms with E-state index >= 15 is 0 Å². The van der Waals surface area contributed by atoms with E-state index in [0.29, 0.717) is 22.7 Å². The molecule has 4 aromatic heterocycles. The standard InChI is InChI=1S/C25H19ClN6O2S/c26-21-13-16(4-8-27-21)24(33)31-17-3-1-2-15(12-17)14-30-25(34)22-20(7-11-35-22)32-19-6-10-29-23-18(19)5-9-28-23/h1-13H,14H2,(H,30,34)(H,31,33)(H2,28,29,32). The predicted molar refractivity (Wildman–Crippen MR) is 139 cm³/mol. The predicted octanol–water partition coefficient (Wildman–Crippen LogP) is 5.60. The van der Waals surface area contributed by atoms with Crippen molar-refractivity contribution in [2.45, 2.75) is 6.54 Å². The molecule has 8 nitrogen and oxygen atoms in total. The Morgan fingerprint density at radius 2 is 1.86 bits per heavy atom. The van der Waals surface area contributed by atoms with Gasteiger partial charge in [-0.1, -0.05) is 23.7 Å². The van der Waals surface area contributed by atoms with E-state index in [2.05, 4.69) is 30.9 Å². The number of rotatable bonds is 7. The van der Waals surface area contributed by atoms with Gasteiger partial charge in [-0.3, -0.25) is 9.59 Å². The van der Waals surface area contributed by atoms with E-state index in [1.807, 2.05) is 48.0 Å². The van der Waals surface area contributed by atoms with Crippen LogP contribution >= 0.6 is 22.9 Å². The van der Waals surface area contributed by atoms with Crippen LogP contribution in [-0.4, -0.2) is 26.8 Å².